The summed E-state index contributed by atoms with van der Waals surface area (Å²) in [6.07, 6.45) is 2.48. The lowest BCUT2D eigenvalue weighted by Crippen LogP contribution is -2.37. The van der Waals surface area contributed by atoms with E-state index in [9.17, 15) is 9.59 Å². The van der Waals surface area contributed by atoms with E-state index in [1.807, 2.05) is 27.7 Å². The van der Waals surface area contributed by atoms with Gasteiger partial charge in [0.25, 0.3) is 0 Å². The van der Waals surface area contributed by atoms with Crippen LogP contribution in [0.5, 0.6) is 11.5 Å². The molecule has 0 amide bonds. The van der Waals surface area contributed by atoms with Crippen LogP contribution in [-0.4, -0.2) is 36.4 Å². The Balaban J connectivity index is 2.30. The summed E-state index contributed by atoms with van der Waals surface area (Å²) in [5.74, 6) is 0.217. The molecule has 1 aromatic carbocycles. The van der Waals surface area contributed by atoms with Crippen molar-refractivity contribution in [2.75, 3.05) is 13.7 Å². The second-order valence-electron chi connectivity index (χ2n) is 6.82. The first-order valence-electron chi connectivity index (χ1n) is 8.41. The Hall–Kier alpha value is -2.24. The maximum absolute atomic E-state index is 11.4. The van der Waals surface area contributed by atoms with Crippen LogP contribution in [0.3, 0.4) is 0 Å². The molecule has 138 valence electrons. The van der Waals surface area contributed by atoms with Crippen molar-refractivity contribution in [3.63, 3.8) is 0 Å². The van der Waals surface area contributed by atoms with Crippen LogP contribution < -0.4 is 9.47 Å². The van der Waals surface area contributed by atoms with Crippen LogP contribution in [-0.2, 0) is 20.7 Å². The number of aliphatic carboxylic acids is 1. The maximum atomic E-state index is 11.4. The number of carbonyl (C=O) groups excluding carboxylic acids is 1. The summed E-state index contributed by atoms with van der Waals surface area (Å²) in [4.78, 5) is 22.3. The average Bonchev–Trinajstić information content (AvgIpc) is 2.57. The number of esters is 1. The van der Waals surface area contributed by atoms with Crippen molar-refractivity contribution in [2.45, 2.75) is 59.0 Å². The molecule has 1 N–H and O–H groups in total. The van der Waals surface area contributed by atoms with Gasteiger partial charge in [0.1, 0.15) is 17.1 Å². The molecule has 0 aliphatic carbocycles. The largest absolute Gasteiger partial charge is 0.487 e. The third kappa shape index (κ3) is 4.06. The summed E-state index contributed by atoms with van der Waals surface area (Å²) in [6, 6.07) is 0. The van der Waals surface area contributed by atoms with E-state index in [2.05, 4.69) is 0 Å². The third-order valence-electron chi connectivity index (χ3n) is 4.99. The number of carboxylic acid groups (broad SMARTS) is 1. The Morgan fingerprint density at radius 3 is 2.48 bits per heavy atom. The third-order valence-corrected chi connectivity index (χ3v) is 4.99. The van der Waals surface area contributed by atoms with Gasteiger partial charge in [-0.25, -0.2) is 4.79 Å². The van der Waals surface area contributed by atoms with Crippen molar-refractivity contribution in [1.29, 1.82) is 0 Å². The summed E-state index contributed by atoms with van der Waals surface area (Å²) in [5.41, 5.74) is 3.39. The normalized spacial score (nSPS) is 18.9. The van der Waals surface area contributed by atoms with Gasteiger partial charge in [0, 0.05) is 12.0 Å². The highest BCUT2D eigenvalue weighted by atomic mass is 16.5. The Morgan fingerprint density at radius 2 is 1.88 bits per heavy atom. The van der Waals surface area contributed by atoms with E-state index in [0.29, 0.717) is 18.6 Å². The first kappa shape index (κ1) is 19.1. The molecule has 6 nitrogen and oxygen atoms in total. The number of ether oxygens (including phenoxy) is 3. The number of carbonyl (C=O) groups is 2. The Kier molecular flexibility index (Phi) is 5.60. The molecule has 0 bridgehead atoms. The fourth-order valence-electron chi connectivity index (χ4n) is 3.28. The molecule has 0 aromatic heterocycles. The van der Waals surface area contributed by atoms with Crippen LogP contribution in [0.1, 0.15) is 48.4 Å². The van der Waals surface area contributed by atoms with Crippen molar-refractivity contribution in [3.05, 3.63) is 22.3 Å². The number of carboxylic acids is 1. The minimum absolute atomic E-state index is 0.239. The minimum Gasteiger partial charge on any atom is -0.487 e. The van der Waals surface area contributed by atoms with Crippen LogP contribution >= 0.6 is 0 Å². The molecule has 0 radical (unpaired) electrons. The summed E-state index contributed by atoms with van der Waals surface area (Å²) >= 11 is 0. The predicted octanol–water partition coefficient (Wildman–Crippen LogP) is 3.11. The molecular formula is C19H26O6. The van der Waals surface area contributed by atoms with Crippen LogP contribution in [0, 0.1) is 20.8 Å². The standard InChI is InChI=1S/C19H26O6/c1-11-12(2)18-14(13(3)17(11)24-10-15(20)21)6-8-19(4,25-18)9-7-16(22)23-5/h6-10H2,1-5H3,(H,20,21). The minimum atomic E-state index is -0.999. The van der Waals surface area contributed by atoms with Crippen molar-refractivity contribution in [2.24, 2.45) is 0 Å². The monoisotopic (exact) mass is 350 g/mol. The van der Waals surface area contributed by atoms with Crippen molar-refractivity contribution in [3.8, 4) is 11.5 Å². The quantitative estimate of drug-likeness (QED) is 0.794. The molecule has 2 rings (SSSR count). The van der Waals surface area contributed by atoms with E-state index >= 15 is 0 Å². The lowest BCUT2D eigenvalue weighted by atomic mass is 9.85. The van der Waals surface area contributed by atoms with E-state index in [4.69, 9.17) is 19.3 Å². The van der Waals surface area contributed by atoms with Gasteiger partial charge in [0.15, 0.2) is 6.61 Å². The fourth-order valence-corrected chi connectivity index (χ4v) is 3.28. The summed E-state index contributed by atoms with van der Waals surface area (Å²) in [6.45, 7) is 7.44. The molecule has 1 unspecified atom stereocenters. The van der Waals surface area contributed by atoms with E-state index < -0.39 is 11.6 Å². The Bertz CT molecular complexity index is 694. The molecule has 1 atom stereocenters. The number of fused-ring (bicyclic) bond motifs is 1. The molecule has 0 saturated carbocycles. The van der Waals surface area contributed by atoms with Crippen molar-refractivity contribution >= 4 is 11.9 Å². The van der Waals surface area contributed by atoms with Gasteiger partial charge < -0.3 is 19.3 Å². The van der Waals surface area contributed by atoms with Crippen molar-refractivity contribution < 1.29 is 28.9 Å². The number of hydrogen-bond donors (Lipinski definition) is 1. The zero-order valence-corrected chi connectivity index (χ0v) is 15.5. The van der Waals surface area contributed by atoms with Crippen LogP contribution in [0.4, 0.5) is 0 Å². The molecule has 25 heavy (non-hydrogen) atoms. The topological polar surface area (TPSA) is 82.1 Å². The lowest BCUT2D eigenvalue weighted by Gasteiger charge is -2.38. The summed E-state index contributed by atoms with van der Waals surface area (Å²) in [7, 11) is 1.39. The highest BCUT2D eigenvalue weighted by molar-refractivity contribution is 5.69. The van der Waals surface area contributed by atoms with E-state index in [-0.39, 0.29) is 12.6 Å². The second-order valence-corrected chi connectivity index (χ2v) is 6.82. The van der Waals surface area contributed by atoms with Crippen LogP contribution in [0.2, 0.25) is 0 Å². The number of rotatable bonds is 6. The van der Waals surface area contributed by atoms with Gasteiger partial charge in [-0.15, -0.1) is 0 Å². The lowest BCUT2D eigenvalue weighted by molar-refractivity contribution is -0.142. The molecule has 1 aromatic rings. The van der Waals surface area contributed by atoms with E-state index in [0.717, 1.165) is 40.8 Å². The highest BCUT2D eigenvalue weighted by Gasteiger charge is 2.35. The molecule has 6 heteroatoms. The molecule has 1 aliphatic heterocycles. The highest BCUT2D eigenvalue weighted by Crippen LogP contribution is 2.44. The van der Waals surface area contributed by atoms with Gasteiger partial charge in [-0.1, -0.05) is 0 Å². The van der Waals surface area contributed by atoms with E-state index in [1.54, 1.807) is 0 Å². The number of benzene rings is 1. The van der Waals surface area contributed by atoms with Gasteiger partial charge in [0.05, 0.1) is 7.11 Å². The molecule has 1 aliphatic rings. The first-order chi connectivity index (χ1) is 11.7. The summed E-state index contributed by atoms with van der Waals surface area (Å²) in [5, 5.41) is 8.87. The van der Waals surface area contributed by atoms with E-state index in [1.165, 1.54) is 7.11 Å². The van der Waals surface area contributed by atoms with Gasteiger partial charge in [0.2, 0.25) is 0 Å². The molecular weight excluding hydrogens is 324 g/mol. The summed E-state index contributed by atoms with van der Waals surface area (Å²) < 4.78 is 16.5. The molecule has 0 saturated heterocycles. The Morgan fingerprint density at radius 1 is 1.20 bits per heavy atom. The first-order valence-corrected chi connectivity index (χ1v) is 8.41. The smallest absolute Gasteiger partial charge is 0.341 e. The van der Waals surface area contributed by atoms with Gasteiger partial charge in [-0.05, 0) is 63.6 Å². The number of hydrogen-bond acceptors (Lipinski definition) is 5. The molecule has 1 heterocycles. The molecule has 0 fully saturated rings. The zero-order valence-electron chi connectivity index (χ0n) is 15.5. The molecule has 0 spiro atoms. The second kappa shape index (κ2) is 7.33. The van der Waals surface area contributed by atoms with Gasteiger partial charge >= 0.3 is 11.9 Å². The predicted molar refractivity (Wildman–Crippen MR) is 92.4 cm³/mol. The van der Waals surface area contributed by atoms with Gasteiger partial charge in [-0.3, -0.25) is 4.79 Å². The Labute approximate surface area is 148 Å². The number of methoxy groups -OCH3 is 1. The average molecular weight is 350 g/mol. The zero-order chi connectivity index (χ0) is 18.8. The SMILES string of the molecule is COC(=O)CCC1(C)CCc2c(C)c(OCC(=O)O)c(C)c(C)c2O1. The van der Waals surface area contributed by atoms with Crippen LogP contribution in [0.25, 0.3) is 0 Å². The fraction of sp³-hybridized carbons (Fsp3) is 0.579. The maximum Gasteiger partial charge on any atom is 0.341 e. The van der Waals surface area contributed by atoms with Crippen molar-refractivity contribution in [1.82, 2.24) is 0 Å². The van der Waals surface area contributed by atoms with Crippen LogP contribution in [0.15, 0.2) is 0 Å². The van der Waals surface area contributed by atoms with Gasteiger partial charge in [-0.2, -0.15) is 0 Å².